The van der Waals surface area contributed by atoms with Gasteiger partial charge in [0, 0.05) is 5.71 Å². The van der Waals surface area contributed by atoms with Crippen molar-refractivity contribution < 1.29 is 0 Å². The highest BCUT2D eigenvalue weighted by molar-refractivity contribution is 5.78. The first-order valence-electron chi connectivity index (χ1n) is 4.57. The van der Waals surface area contributed by atoms with Gasteiger partial charge in [0.05, 0.1) is 0 Å². The lowest BCUT2D eigenvalue weighted by Crippen LogP contribution is -1.88. The van der Waals surface area contributed by atoms with Crippen LogP contribution in [0.3, 0.4) is 0 Å². The molecule has 1 nitrogen and oxygen atoms in total. The second kappa shape index (κ2) is 6.41. The molecule has 0 aliphatic heterocycles. The average molecular weight is 177 g/mol. The molecule has 0 radical (unpaired) electrons. The minimum Gasteiger partial charge on any atom is -0.310 e. The normalized spacial score (nSPS) is 10.3. The summed E-state index contributed by atoms with van der Waals surface area (Å²) in [4.78, 5) is 0. The molecule has 0 aromatic heterocycles. The van der Waals surface area contributed by atoms with Gasteiger partial charge in [-0.3, -0.25) is 0 Å². The number of nitrogens with one attached hydrogen (secondary N) is 1. The Hall–Kier alpha value is -1.11. The summed E-state index contributed by atoms with van der Waals surface area (Å²) in [7, 11) is 0. The van der Waals surface area contributed by atoms with Gasteiger partial charge < -0.3 is 5.41 Å². The van der Waals surface area contributed by atoms with Gasteiger partial charge in [-0.2, -0.15) is 0 Å². The third kappa shape index (κ3) is 8.80. The summed E-state index contributed by atoms with van der Waals surface area (Å²) in [6.45, 7) is 11.5. The molecule has 0 amide bonds. The van der Waals surface area contributed by atoms with Crippen molar-refractivity contribution in [1.82, 2.24) is 0 Å². The van der Waals surface area contributed by atoms with E-state index in [1.54, 1.807) is 0 Å². The van der Waals surface area contributed by atoms with E-state index in [0.717, 1.165) is 36.1 Å². The molecule has 0 rings (SSSR count). The van der Waals surface area contributed by atoms with Crippen LogP contribution < -0.4 is 0 Å². The van der Waals surface area contributed by atoms with Gasteiger partial charge in [0.25, 0.3) is 0 Å². The number of allylic oxidation sites excluding steroid dienone is 4. The molecule has 0 saturated heterocycles. The van der Waals surface area contributed by atoms with Crippen LogP contribution in [0.5, 0.6) is 0 Å². The van der Waals surface area contributed by atoms with E-state index < -0.39 is 0 Å². The first-order chi connectivity index (χ1) is 6.02. The van der Waals surface area contributed by atoms with Crippen LogP contribution in [0.1, 0.15) is 33.1 Å². The Morgan fingerprint density at radius 2 is 1.77 bits per heavy atom. The number of hydrogen-bond acceptors (Lipinski definition) is 1. The zero-order valence-corrected chi connectivity index (χ0v) is 8.69. The van der Waals surface area contributed by atoms with E-state index in [-0.39, 0.29) is 0 Å². The van der Waals surface area contributed by atoms with Crippen molar-refractivity contribution in [2.24, 2.45) is 0 Å². The van der Waals surface area contributed by atoms with E-state index >= 15 is 0 Å². The Balaban J connectivity index is 3.64. The summed E-state index contributed by atoms with van der Waals surface area (Å²) < 4.78 is 0. The SMILES string of the molecule is C=C(C)C=CC(=C)CCCC(C)=N. The Bertz CT molecular complexity index is 234. The van der Waals surface area contributed by atoms with Gasteiger partial charge in [0.1, 0.15) is 0 Å². The molecule has 0 fully saturated rings. The molecule has 0 heterocycles. The minimum atomic E-state index is 0.747. The molecule has 72 valence electrons. The molecule has 13 heavy (non-hydrogen) atoms. The van der Waals surface area contributed by atoms with Gasteiger partial charge in [0.15, 0.2) is 0 Å². The van der Waals surface area contributed by atoms with E-state index in [1.807, 2.05) is 26.0 Å². The van der Waals surface area contributed by atoms with Crippen molar-refractivity contribution >= 4 is 5.71 Å². The molecule has 1 heteroatoms. The highest BCUT2D eigenvalue weighted by Gasteiger charge is 1.91. The monoisotopic (exact) mass is 177 g/mol. The third-order valence-electron chi connectivity index (χ3n) is 1.65. The van der Waals surface area contributed by atoms with Crippen molar-refractivity contribution in [2.45, 2.75) is 33.1 Å². The molecule has 0 aliphatic rings. The fraction of sp³-hybridized carbons (Fsp3) is 0.417. The number of rotatable bonds is 6. The summed E-state index contributed by atoms with van der Waals surface area (Å²) in [5.41, 5.74) is 2.91. The maximum absolute atomic E-state index is 7.25. The van der Waals surface area contributed by atoms with E-state index in [4.69, 9.17) is 5.41 Å². The maximum Gasteiger partial charge on any atom is 0.00583 e. The first-order valence-corrected chi connectivity index (χ1v) is 4.57. The van der Waals surface area contributed by atoms with Gasteiger partial charge in [-0.1, -0.05) is 36.5 Å². The van der Waals surface area contributed by atoms with Crippen molar-refractivity contribution in [3.8, 4) is 0 Å². The molecule has 0 atom stereocenters. The van der Waals surface area contributed by atoms with E-state index in [1.165, 1.54) is 0 Å². The lowest BCUT2D eigenvalue weighted by atomic mass is 10.1. The molecular weight excluding hydrogens is 158 g/mol. The third-order valence-corrected chi connectivity index (χ3v) is 1.65. The molecule has 1 N–H and O–H groups in total. The van der Waals surface area contributed by atoms with Crippen LogP contribution in [0.25, 0.3) is 0 Å². The van der Waals surface area contributed by atoms with Crippen LogP contribution in [0.15, 0.2) is 36.5 Å². The van der Waals surface area contributed by atoms with E-state index in [9.17, 15) is 0 Å². The smallest absolute Gasteiger partial charge is 0.00583 e. The predicted molar refractivity (Wildman–Crippen MR) is 60.3 cm³/mol. The lowest BCUT2D eigenvalue weighted by molar-refractivity contribution is 0.866. The van der Waals surface area contributed by atoms with Crippen molar-refractivity contribution in [3.05, 3.63) is 36.5 Å². The zero-order valence-electron chi connectivity index (χ0n) is 8.69. The van der Waals surface area contributed by atoms with Gasteiger partial charge in [-0.15, -0.1) is 0 Å². The average Bonchev–Trinajstić information content (AvgIpc) is 2.00. The van der Waals surface area contributed by atoms with Crippen molar-refractivity contribution in [1.29, 1.82) is 5.41 Å². The van der Waals surface area contributed by atoms with Crippen LogP contribution in [-0.4, -0.2) is 5.71 Å². The van der Waals surface area contributed by atoms with Crippen molar-refractivity contribution in [2.75, 3.05) is 0 Å². The van der Waals surface area contributed by atoms with Gasteiger partial charge in [0.2, 0.25) is 0 Å². The quantitative estimate of drug-likeness (QED) is 0.470. The van der Waals surface area contributed by atoms with Crippen molar-refractivity contribution in [3.63, 3.8) is 0 Å². The Labute approximate surface area is 81.4 Å². The predicted octanol–water partition coefficient (Wildman–Crippen LogP) is 3.88. The van der Waals surface area contributed by atoms with Crippen LogP contribution in [0.2, 0.25) is 0 Å². The molecular formula is C12H19N. The minimum absolute atomic E-state index is 0.747. The summed E-state index contributed by atoms with van der Waals surface area (Å²) in [5, 5.41) is 7.25. The molecule has 0 bridgehead atoms. The van der Waals surface area contributed by atoms with Gasteiger partial charge in [-0.25, -0.2) is 0 Å². The maximum atomic E-state index is 7.25. The molecule has 0 spiro atoms. The summed E-state index contributed by atoms with van der Waals surface area (Å²) in [6, 6.07) is 0. The first kappa shape index (κ1) is 11.9. The standard InChI is InChI=1S/C12H19N/c1-10(2)8-9-11(3)6-5-7-12(4)13/h8-9,13H,1,3,5-7H2,2,4H3. The van der Waals surface area contributed by atoms with Gasteiger partial charge in [-0.05, 0) is 33.1 Å². The Kier molecular flexibility index (Phi) is 5.86. The Morgan fingerprint density at radius 3 is 2.23 bits per heavy atom. The highest BCUT2D eigenvalue weighted by Crippen LogP contribution is 2.07. The second-order valence-electron chi connectivity index (χ2n) is 3.47. The largest absolute Gasteiger partial charge is 0.310 e. The highest BCUT2D eigenvalue weighted by atomic mass is 14.4. The molecule has 0 saturated carbocycles. The second-order valence-corrected chi connectivity index (χ2v) is 3.47. The van der Waals surface area contributed by atoms with E-state index in [2.05, 4.69) is 13.2 Å². The Morgan fingerprint density at radius 1 is 1.15 bits per heavy atom. The van der Waals surface area contributed by atoms with Gasteiger partial charge >= 0.3 is 0 Å². The summed E-state index contributed by atoms with van der Waals surface area (Å²) in [6.07, 6.45) is 6.84. The molecule has 0 unspecified atom stereocenters. The fourth-order valence-corrected chi connectivity index (χ4v) is 0.924. The zero-order chi connectivity index (χ0) is 10.3. The topological polar surface area (TPSA) is 23.9 Å². The lowest BCUT2D eigenvalue weighted by Gasteiger charge is -1.99. The van der Waals surface area contributed by atoms with Crippen LogP contribution in [0, 0.1) is 5.41 Å². The molecule has 0 aliphatic carbocycles. The molecule has 0 aromatic carbocycles. The van der Waals surface area contributed by atoms with Crippen LogP contribution >= 0.6 is 0 Å². The fourth-order valence-electron chi connectivity index (χ4n) is 0.924. The molecule has 0 aromatic rings. The van der Waals surface area contributed by atoms with Crippen LogP contribution in [-0.2, 0) is 0 Å². The number of hydrogen-bond donors (Lipinski definition) is 1. The summed E-state index contributed by atoms with van der Waals surface area (Å²) >= 11 is 0. The van der Waals surface area contributed by atoms with Crippen LogP contribution in [0.4, 0.5) is 0 Å². The summed E-state index contributed by atoms with van der Waals surface area (Å²) in [5.74, 6) is 0. The van der Waals surface area contributed by atoms with E-state index in [0.29, 0.717) is 0 Å².